The Morgan fingerprint density at radius 1 is 1.45 bits per heavy atom. The van der Waals surface area contributed by atoms with E-state index in [2.05, 4.69) is 22.4 Å². The zero-order valence-corrected chi connectivity index (χ0v) is 13.5. The Kier molecular flexibility index (Phi) is 7.61. The highest BCUT2D eigenvalue weighted by Gasteiger charge is 2.13. The van der Waals surface area contributed by atoms with Crippen molar-refractivity contribution >= 4 is 17.7 Å². The van der Waals surface area contributed by atoms with Crippen LogP contribution in [0.2, 0.25) is 0 Å². The van der Waals surface area contributed by atoms with Crippen molar-refractivity contribution in [2.24, 2.45) is 0 Å². The van der Waals surface area contributed by atoms with Crippen molar-refractivity contribution < 1.29 is 9.53 Å². The minimum absolute atomic E-state index is 0.0170. The van der Waals surface area contributed by atoms with Crippen LogP contribution in [0.3, 0.4) is 0 Å². The molecule has 7 heteroatoms. The summed E-state index contributed by atoms with van der Waals surface area (Å²) >= 11 is 1.42. The molecule has 0 atom stereocenters. The van der Waals surface area contributed by atoms with Gasteiger partial charge in [0.1, 0.15) is 5.82 Å². The maximum absolute atomic E-state index is 11.7. The van der Waals surface area contributed by atoms with Gasteiger partial charge in [-0.05, 0) is 20.3 Å². The van der Waals surface area contributed by atoms with Crippen LogP contribution < -0.4 is 5.32 Å². The Labute approximate surface area is 124 Å². The zero-order valence-electron chi connectivity index (χ0n) is 12.7. The van der Waals surface area contributed by atoms with Crippen LogP contribution in [0, 0.1) is 0 Å². The molecule has 1 N–H and O–H groups in total. The van der Waals surface area contributed by atoms with E-state index >= 15 is 0 Å². The number of thioether (sulfide) groups is 1. The van der Waals surface area contributed by atoms with E-state index in [1.54, 1.807) is 7.11 Å². The molecule has 0 aromatic carbocycles. The molecule has 0 aliphatic rings. The van der Waals surface area contributed by atoms with E-state index in [9.17, 15) is 4.79 Å². The molecule has 0 radical (unpaired) electrons. The lowest BCUT2D eigenvalue weighted by Gasteiger charge is -2.10. The van der Waals surface area contributed by atoms with Gasteiger partial charge in [-0.15, -0.1) is 10.2 Å². The molecule has 1 rings (SSSR count). The van der Waals surface area contributed by atoms with Crippen molar-refractivity contribution in [2.75, 3.05) is 19.5 Å². The summed E-state index contributed by atoms with van der Waals surface area (Å²) in [7, 11) is 1.67. The van der Waals surface area contributed by atoms with Crippen LogP contribution in [0.5, 0.6) is 0 Å². The summed E-state index contributed by atoms with van der Waals surface area (Å²) in [4.78, 5) is 11.7. The van der Waals surface area contributed by atoms with E-state index in [0.717, 1.165) is 23.8 Å². The molecule has 0 unspecified atom stereocenters. The number of hydrogen-bond donors (Lipinski definition) is 1. The minimum Gasteiger partial charge on any atom is -0.383 e. The van der Waals surface area contributed by atoms with E-state index in [1.165, 1.54) is 11.8 Å². The normalized spacial score (nSPS) is 11.1. The molecule has 0 spiro atoms. The molecule has 114 valence electrons. The third-order valence-corrected chi connectivity index (χ3v) is 3.53. The number of nitrogens with one attached hydrogen (secondary N) is 1. The molecule has 0 bridgehead atoms. The lowest BCUT2D eigenvalue weighted by molar-refractivity contribution is -0.119. The fourth-order valence-corrected chi connectivity index (χ4v) is 2.53. The summed E-state index contributed by atoms with van der Waals surface area (Å²) in [6, 6.07) is 0.158. The van der Waals surface area contributed by atoms with E-state index in [0.29, 0.717) is 18.9 Å². The second-order valence-electron chi connectivity index (χ2n) is 4.80. The number of carbonyl (C=O) groups is 1. The average Bonchev–Trinajstić information content (AvgIpc) is 2.76. The van der Waals surface area contributed by atoms with Gasteiger partial charge in [-0.2, -0.15) is 0 Å². The van der Waals surface area contributed by atoms with Crippen molar-refractivity contribution in [3.8, 4) is 0 Å². The molecule has 0 aliphatic heterocycles. The Morgan fingerprint density at radius 3 is 2.80 bits per heavy atom. The van der Waals surface area contributed by atoms with Crippen LogP contribution in [0.4, 0.5) is 0 Å². The summed E-state index contributed by atoms with van der Waals surface area (Å²) in [6.45, 7) is 7.33. The summed E-state index contributed by atoms with van der Waals surface area (Å²) in [5, 5.41) is 12.0. The molecule has 0 aliphatic carbocycles. The lowest BCUT2D eigenvalue weighted by Crippen LogP contribution is -2.31. The highest BCUT2D eigenvalue weighted by Crippen LogP contribution is 2.17. The van der Waals surface area contributed by atoms with Gasteiger partial charge in [-0.1, -0.05) is 18.7 Å². The zero-order chi connectivity index (χ0) is 15.0. The molecule has 1 amide bonds. The largest absolute Gasteiger partial charge is 0.383 e. The number of amides is 1. The van der Waals surface area contributed by atoms with E-state index in [1.807, 2.05) is 18.4 Å². The summed E-state index contributed by atoms with van der Waals surface area (Å²) in [5.74, 6) is 1.33. The fourth-order valence-electron chi connectivity index (χ4n) is 1.74. The molecular weight excluding hydrogens is 276 g/mol. The Hall–Kier alpha value is -1.08. The van der Waals surface area contributed by atoms with Crippen LogP contribution in [-0.4, -0.2) is 46.2 Å². The standard InChI is InChI=1S/C13H24N4O2S/c1-5-6-11-15-16-13(17(11)7-8-19-4)20-9-12(18)14-10(2)3/h10H,5-9H2,1-4H3,(H,14,18). The second-order valence-corrected chi connectivity index (χ2v) is 5.75. The number of ether oxygens (including phenoxy) is 1. The highest BCUT2D eigenvalue weighted by atomic mass is 32.2. The predicted octanol–water partition coefficient (Wildman–Crippen LogP) is 1.49. The van der Waals surface area contributed by atoms with Crippen molar-refractivity contribution in [1.82, 2.24) is 20.1 Å². The monoisotopic (exact) mass is 300 g/mol. The molecule has 1 aromatic rings. The first-order valence-corrected chi connectivity index (χ1v) is 7.90. The first-order valence-electron chi connectivity index (χ1n) is 6.91. The van der Waals surface area contributed by atoms with Crippen LogP contribution in [0.15, 0.2) is 5.16 Å². The first-order chi connectivity index (χ1) is 9.58. The number of nitrogens with zero attached hydrogens (tertiary/aromatic N) is 3. The van der Waals surface area contributed by atoms with Crippen LogP contribution in [-0.2, 0) is 22.5 Å². The molecule has 0 fully saturated rings. The van der Waals surface area contributed by atoms with Gasteiger partial charge in [-0.3, -0.25) is 4.79 Å². The summed E-state index contributed by atoms with van der Waals surface area (Å²) in [6.07, 6.45) is 1.90. The number of rotatable bonds is 9. The molecule has 1 aromatic heterocycles. The fraction of sp³-hybridized carbons (Fsp3) is 0.769. The smallest absolute Gasteiger partial charge is 0.230 e. The van der Waals surface area contributed by atoms with E-state index in [-0.39, 0.29) is 11.9 Å². The maximum Gasteiger partial charge on any atom is 0.230 e. The quantitative estimate of drug-likeness (QED) is 0.700. The third kappa shape index (κ3) is 5.50. The summed E-state index contributed by atoms with van der Waals surface area (Å²) in [5.41, 5.74) is 0. The molecule has 0 saturated heterocycles. The van der Waals surface area contributed by atoms with Gasteiger partial charge < -0.3 is 14.6 Å². The van der Waals surface area contributed by atoms with Gasteiger partial charge in [-0.25, -0.2) is 0 Å². The molecule has 1 heterocycles. The van der Waals surface area contributed by atoms with Gasteiger partial charge in [0, 0.05) is 26.1 Å². The van der Waals surface area contributed by atoms with Gasteiger partial charge in [0.05, 0.1) is 12.4 Å². The van der Waals surface area contributed by atoms with Crippen molar-refractivity contribution in [3.63, 3.8) is 0 Å². The number of carbonyl (C=O) groups excluding carboxylic acids is 1. The van der Waals surface area contributed by atoms with Crippen LogP contribution >= 0.6 is 11.8 Å². The maximum atomic E-state index is 11.7. The van der Waals surface area contributed by atoms with Crippen LogP contribution in [0.25, 0.3) is 0 Å². The first kappa shape index (κ1) is 17.0. The number of hydrogen-bond acceptors (Lipinski definition) is 5. The molecule has 20 heavy (non-hydrogen) atoms. The Balaban J connectivity index is 2.65. The van der Waals surface area contributed by atoms with Crippen molar-refractivity contribution in [1.29, 1.82) is 0 Å². The van der Waals surface area contributed by atoms with E-state index < -0.39 is 0 Å². The third-order valence-electron chi connectivity index (χ3n) is 2.57. The van der Waals surface area contributed by atoms with Crippen molar-refractivity contribution in [2.45, 2.75) is 51.4 Å². The van der Waals surface area contributed by atoms with E-state index in [4.69, 9.17) is 4.74 Å². The number of aryl methyl sites for hydroxylation is 1. The number of methoxy groups -OCH3 is 1. The molecule has 6 nitrogen and oxygen atoms in total. The van der Waals surface area contributed by atoms with Crippen LogP contribution in [0.1, 0.15) is 33.0 Å². The number of aromatic nitrogens is 3. The molecule has 0 saturated carbocycles. The average molecular weight is 300 g/mol. The van der Waals surface area contributed by atoms with Crippen molar-refractivity contribution in [3.05, 3.63) is 5.82 Å². The minimum atomic E-state index is 0.0170. The Bertz CT molecular complexity index is 421. The topological polar surface area (TPSA) is 69.0 Å². The molecular formula is C13H24N4O2S. The SMILES string of the molecule is CCCc1nnc(SCC(=O)NC(C)C)n1CCOC. The van der Waals surface area contributed by atoms with Gasteiger partial charge in [0.25, 0.3) is 0 Å². The van der Waals surface area contributed by atoms with Gasteiger partial charge >= 0.3 is 0 Å². The van der Waals surface area contributed by atoms with Gasteiger partial charge in [0.2, 0.25) is 5.91 Å². The second kappa shape index (κ2) is 8.97. The predicted molar refractivity (Wildman–Crippen MR) is 79.9 cm³/mol. The lowest BCUT2D eigenvalue weighted by atomic mass is 10.3. The Morgan fingerprint density at radius 2 is 2.20 bits per heavy atom. The summed E-state index contributed by atoms with van der Waals surface area (Å²) < 4.78 is 7.16. The highest BCUT2D eigenvalue weighted by molar-refractivity contribution is 7.99. The van der Waals surface area contributed by atoms with Gasteiger partial charge in [0.15, 0.2) is 5.16 Å².